The second-order valence-corrected chi connectivity index (χ2v) is 10.9. The standard InChI is InChI=1S/C39H28N2O/c1-25-11-3-4-12-29(25)30-21-19-27(23-26(30)2)41(28-20-22-38-35(24-28)33-15-8-10-18-37(33)42-38)39-34-16-6-5-13-31(34)32-14-7-9-17-36(32)40-39/h3-24H,1-2H3. The molecule has 42 heavy (non-hydrogen) atoms. The monoisotopic (exact) mass is 540 g/mol. The summed E-state index contributed by atoms with van der Waals surface area (Å²) in [5, 5.41) is 5.64. The van der Waals surface area contributed by atoms with E-state index in [0.29, 0.717) is 0 Å². The van der Waals surface area contributed by atoms with E-state index in [1.807, 2.05) is 12.1 Å². The Morgan fingerprint density at radius 1 is 0.476 bits per heavy atom. The Morgan fingerprint density at radius 2 is 1.10 bits per heavy atom. The van der Waals surface area contributed by atoms with Gasteiger partial charge in [0.25, 0.3) is 0 Å². The van der Waals surface area contributed by atoms with E-state index in [0.717, 1.165) is 55.4 Å². The van der Waals surface area contributed by atoms with Crippen LogP contribution in [0.25, 0.3) is 54.7 Å². The van der Waals surface area contributed by atoms with Gasteiger partial charge in [0.1, 0.15) is 17.0 Å². The van der Waals surface area contributed by atoms with Crippen molar-refractivity contribution < 1.29 is 4.42 Å². The zero-order valence-corrected chi connectivity index (χ0v) is 23.5. The summed E-state index contributed by atoms with van der Waals surface area (Å²) in [5.74, 6) is 0.902. The lowest BCUT2D eigenvalue weighted by molar-refractivity contribution is 0.669. The fraction of sp³-hybridized carbons (Fsp3) is 0.0513. The molecular weight excluding hydrogens is 512 g/mol. The number of aryl methyl sites for hydroxylation is 2. The van der Waals surface area contributed by atoms with Gasteiger partial charge in [-0.05, 0) is 84.0 Å². The summed E-state index contributed by atoms with van der Waals surface area (Å²) in [7, 11) is 0. The van der Waals surface area contributed by atoms with Crippen molar-refractivity contribution in [2.75, 3.05) is 4.90 Å². The average Bonchev–Trinajstić information content (AvgIpc) is 3.40. The molecule has 0 N–H and O–H groups in total. The number of fused-ring (bicyclic) bond motifs is 6. The third-order valence-electron chi connectivity index (χ3n) is 8.32. The molecule has 0 fully saturated rings. The van der Waals surface area contributed by atoms with Gasteiger partial charge in [-0.2, -0.15) is 0 Å². The van der Waals surface area contributed by atoms with E-state index < -0.39 is 0 Å². The molecule has 0 spiro atoms. The van der Waals surface area contributed by atoms with Gasteiger partial charge in [0.05, 0.1) is 5.52 Å². The van der Waals surface area contributed by atoms with Gasteiger partial charge < -0.3 is 4.42 Å². The number of benzene rings is 6. The molecule has 0 aliphatic rings. The van der Waals surface area contributed by atoms with Crippen LogP contribution in [0.3, 0.4) is 0 Å². The van der Waals surface area contributed by atoms with Crippen molar-refractivity contribution in [3.63, 3.8) is 0 Å². The Balaban J connectivity index is 1.41. The lowest BCUT2D eigenvalue weighted by Crippen LogP contribution is -2.13. The zero-order chi connectivity index (χ0) is 28.2. The Labute approximate surface area is 244 Å². The fourth-order valence-electron chi connectivity index (χ4n) is 6.27. The molecule has 0 aliphatic carbocycles. The highest BCUT2D eigenvalue weighted by molar-refractivity contribution is 6.12. The van der Waals surface area contributed by atoms with Crippen molar-refractivity contribution >= 4 is 60.8 Å². The van der Waals surface area contributed by atoms with Crippen molar-refractivity contribution in [1.29, 1.82) is 0 Å². The van der Waals surface area contributed by atoms with Crippen LogP contribution in [0, 0.1) is 13.8 Å². The molecule has 0 atom stereocenters. The molecule has 0 radical (unpaired) electrons. The van der Waals surface area contributed by atoms with E-state index in [4.69, 9.17) is 9.40 Å². The highest BCUT2D eigenvalue weighted by Crippen LogP contribution is 2.43. The first-order chi connectivity index (χ1) is 20.7. The molecule has 8 aromatic rings. The van der Waals surface area contributed by atoms with Crippen LogP contribution in [0.1, 0.15) is 11.1 Å². The van der Waals surface area contributed by atoms with Gasteiger partial charge in [-0.25, -0.2) is 4.98 Å². The van der Waals surface area contributed by atoms with Gasteiger partial charge in [0.15, 0.2) is 0 Å². The molecule has 2 heterocycles. The van der Waals surface area contributed by atoms with Crippen molar-refractivity contribution in [2.24, 2.45) is 0 Å². The lowest BCUT2D eigenvalue weighted by Gasteiger charge is -2.27. The average molecular weight is 541 g/mol. The molecule has 6 aromatic carbocycles. The molecule has 8 rings (SSSR count). The van der Waals surface area contributed by atoms with Gasteiger partial charge in [-0.1, -0.05) is 91.0 Å². The predicted octanol–water partition coefficient (Wildman–Crippen LogP) is 11.0. The Morgan fingerprint density at radius 3 is 1.93 bits per heavy atom. The summed E-state index contributed by atoms with van der Waals surface area (Å²) in [6, 6.07) is 47.0. The van der Waals surface area contributed by atoms with Crippen molar-refractivity contribution in [3.8, 4) is 11.1 Å². The molecule has 0 amide bonds. The maximum absolute atomic E-state index is 6.19. The summed E-state index contributed by atoms with van der Waals surface area (Å²) in [6.07, 6.45) is 0. The van der Waals surface area contributed by atoms with E-state index in [2.05, 4.69) is 140 Å². The molecule has 0 aliphatic heterocycles. The molecule has 2 aromatic heterocycles. The Hall–Kier alpha value is -5.41. The van der Waals surface area contributed by atoms with Crippen LogP contribution in [0.4, 0.5) is 17.2 Å². The molecule has 0 unspecified atom stereocenters. The van der Waals surface area contributed by atoms with Gasteiger partial charge in [-0.3, -0.25) is 4.90 Å². The number of hydrogen-bond donors (Lipinski definition) is 0. The second-order valence-electron chi connectivity index (χ2n) is 10.9. The van der Waals surface area contributed by atoms with Crippen LogP contribution in [0.15, 0.2) is 138 Å². The maximum Gasteiger partial charge on any atom is 0.146 e. The molecule has 0 bridgehead atoms. The van der Waals surface area contributed by atoms with Gasteiger partial charge in [0, 0.05) is 32.9 Å². The molecular formula is C39H28N2O. The van der Waals surface area contributed by atoms with E-state index in [1.165, 1.54) is 27.6 Å². The number of anilines is 3. The summed E-state index contributed by atoms with van der Waals surface area (Å²) in [5.41, 5.74) is 9.81. The van der Waals surface area contributed by atoms with Crippen molar-refractivity contribution in [1.82, 2.24) is 4.98 Å². The third-order valence-corrected chi connectivity index (χ3v) is 8.32. The van der Waals surface area contributed by atoms with Crippen LogP contribution >= 0.6 is 0 Å². The Kier molecular flexibility index (Phi) is 5.58. The molecule has 200 valence electrons. The molecule has 0 saturated carbocycles. The number of aromatic nitrogens is 1. The highest BCUT2D eigenvalue weighted by atomic mass is 16.3. The van der Waals surface area contributed by atoms with Crippen LogP contribution < -0.4 is 4.90 Å². The van der Waals surface area contributed by atoms with E-state index in [1.54, 1.807) is 0 Å². The predicted molar refractivity (Wildman–Crippen MR) is 176 cm³/mol. The minimum absolute atomic E-state index is 0.877. The first kappa shape index (κ1) is 24.4. The fourth-order valence-corrected chi connectivity index (χ4v) is 6.27. The third kappa shape index (κ3) is 3.86. The number of para-hydroxylation sites is 2. The van der Waals surface area contributed by atoms with Crippen LogP contribution in [-0.4, -0.2) is 4.98 Å². The molecule has 3 heteroatoms. The summed E-state index contributed by atoms with van der Waals surface area (Å²) in [6.45, 7) is 4.37. The maximum atomic E-state index is 6.19. The van der Waals surface area contributed by atoms with Crippen molar-refractivity contribution in [2.45, 2.75) is 13.8 Å². The smallest absolute Gasteiger partial charge is 0.146 e. The Bertz CT molecular complexity index is 2300. The largest absolute Gasteiger partial charge is 0.456 e. The van der Waals surface area contributed by atoms with Crippen LogP contribution in [-0.2, 0) is 0 Å². The van der Waals surface area contributed by atoms with Gasteiger partial charge >= 0.3 is 0 Å². The lowest BCUT2D eigenvalue weighted by atomic mass is 9.96. The van der Waals surface area contributed by atoms with Crippen LogP contribution in [0.2, 0.25) is 0 Å². The van der Waals surface area contributed by atoms with Gasteiger partial charge in [0.2, 0.25) is 0 Å². The summed E-state index contributed by atoms with van der Waals surface area (Å²) in [4.78, 5) is 7.61. The van der Waals surface area contributed by atoms with Gasteiger partial charge in [-0.15, -0.1) is 0 Å². The number of nitrogens with zero attached hydrogens (tertiary/aromatic N) is 2. The van der Waals surface area contributed by atoms with Crippen molar-refractivity contribution in [3.05, 3.63) is 145 Å². The quantitative estimate of drug-likeness (QED) is 0.208. The first-order valence-corrected chi connectivity index (χ1v) is 14.3. The SMILES string of the molecule is Cc1ccccc1-c1ccc(N(c2ccc3oc4ccccc4c3c2)c2nc3ccccc3c3ccccc23)cc1C. The number of hydrogen-bond acceptors (Lipinski definition) is 3. The number of pyridine rings is 1. The minimum atomic E-state index is 0.877. The number of furan rings is 1. The van der Waals surface area contributed by atoms with E-state index >= 15 is 0 Å². The first-order valence-electron chi connectivity index (χ1n) is 14.3. The minimum Gasteiger partial charge on any atom is -0.456 e. The summed E-state index contributed by atoms with van der Waals surface area (Å²) < 4.78 is 6.19. The number of rotatable bonds is 4. The molecule has 0 saturated heterocycles. The topological polar surface area (TPSA) is 29.3 Å². The molecule has 3 nitrogen and oxygen atoms in total. The normalized spacial score (nSPS) is 11.6. The van der Waals surface area contributed by atoms with E-state index in [-0.39, 0.29) is 0 Å². The van der Waals surface area contributed by atoms with E-state index in [9.17, 15) is 0 Å². The zero-order valence-electron chi connectivity index (χ0n) is 23.5. The summed E-state index contributed by atoms with van der Waals surface area (Å²) >= 11 is 0. The highest BCUT2D eigenvalue weighted by Gasteiger charge is 2.21. The van der Waals surface area contributed by atoms with Crippen LogP contribution in [0.5, 0.6) is 0 Å². The second kappa shape index (κ2) is 9.60.